The molecule has 0 unspecified atom stereocenters. The summed E-state index contributed by atoms with van der Waals surface area (Å²) in [5.74, 6) is 1.11. The van der Waals surface area contributed by atoms with Gasteiger partial charge in [-0.15, -0.1) is 0 Å². The Kier molecular flexibility index (Phi) is 4.57. The van der Waals surface area contributed by atoms with E-state index in [1.54, 1.807) is 6.92 Å². The molecule has 116 valence electrons. The summed E-state index contributed by atoms with van der Waals surface area (Å²) in [6, 6.07) is 21.9. The Balaban J connectivity index is 2.02. The second kappa shape index (κ2) is 6.97. The van der Waals surface area contributed by atoms with Crippen molar-refractivity contribution in [2.45, 2.75) is 13.3 Å². The molecule has 0 amide bonds. The molecule has 0 atom stereocenters. The summed E-state index contributed by atoms with van der Waals surface area (Å²) < 4.78 is 11.0. The molecule has 3 nitrogen and oxygen atoms in total. The molecule has 3 rings (SSSR count). The quantitative estimate of drug-likeness (QED) is 0.640. The van der Waals surface area contributed by atoms with Gasteiger partial charge >= 0.3 is 5.97 Å². The summed E-state index contributed by atoms with van der Waals surface area (Å²) in [5.41, 5.74) is 3.03. The van der Waals surface area contributed by atoms with Crippen LogP contribution in [0.4, 0.5) is 0 Å². The molecule has 0 saturated heterocycles. The van der Waals surface area contributed by atoms with Gasteiger partial charge in [0.25, 0.3) is 0 Å². The maximum Gasteiger partial charge on any atom is 0.313 e. The maximum atomic E-state index is 11.7. The van der Waals surface area contributed by atoms with E-state index in [-0.39, 0.29) is 12.4 Å². The number of esters is 1. The highest BCUT2D eigenvalue weighted by molar-refractivity contribution is 5.81. The van der Waals surface area contributed by atoms with Crippen molar-refractivity contribution in [2.24, 2.45) is 0 Å². The van der Waals surface area contributed by atoms with Gasteiger partial charge in [-0.25, -0.2) is 0 Å². The van der Waals surface area contributed by atoms with Gasteiger partial charge in [0.05, 0.1) is 6.61 Å². The first-order valence-corrected chi connectivity index (χ1v) is 7.67. The highest BCUT2D eigenvalue weighted by atomic mass is 16.5. The van der Waals surface area contributed by atoms with Gasteiger partial charge in [0, 0.05) is 11.1 Å². The van der Waals surface area contributed by atoms with E-state index in [0.717, 1.165) is 22.5 Å². The third kappa shape index (κ3) is 3.51. The zero-order valence-corrected chi connectivity index (χ0v) is 13.0. The van der Waals surface area contributed by atoms with Gasteiger partial charge in [-0.1, -0.05) is 60.7 Å². The van der Waals surface area contributed by atoms with Crippen molar-refractivity contribution in [1.29, 1.82) is 0 Å². The van der Waals surface area contributed by atoms with Crippen LogP contribution in [0.3, 0.4) is 0 Å². The molecule has 0 bridgehead atoms. The van der Waals surface area contributed by atoms with E-state index in [2.05, 4.69) is 0 Å². The number of furan rings is 1. The van der Waals surface area contributed by atoms with E-state index in [1.807, 2.05) is 66.7 Å². The minimum atomic E-state index is -0.277. The van der Waals surface area contributed by atoms with Crippen LogP contribution in [0, 0.1) is 0 Å². The lowest BCUT2D eigenvalue weighted by Crippen LogP contribution is -2.06. The molecular formula is C20H18O3. The minimum absolute atomic E-state index is 0.139. The second-order valence-corrected chi connectivity index (χ2v) is 5.17. The number of benzene rings is 2. The zero-order valence-electron chi connectivity index (χ0n) is 13.0. The second-order valence-electron chi connectivity index (χ2n) is 5.17. The van der Waals surface area contributed by atoms with Crippen LogP contribution in [0.15, 0.2) is 71.1 Å². The maximum absolute atomic E-state index is 11.7. The van der Waals surface area contributed by atoms with Gasteiger partial charge in [0.1, 0.15) is 17.9 Å². The average molecular weight is 306 g/mol. The number of hydrogen-bond donors (Lipinski definition) is 0. The van der Waals surface area contributed by atoms with Gasteiger partial charge in [-0.3, -0.25) is 4.79 Å². The Labute approximate surface area is 135 Å². The lowest BCUT2D eigenvalue weighted by Gasteiger charge is -2.02. The van der Waals surface area contributed by atoms with E-state index in [1.165, 1.54) is 0 Å². The topological polar surface area (TPSA) is 39.4 Å². The summed E-state index contributed by atoms with van der Waals surface area (Å²) in [5, 5.41) is 0. The molecule has 2 aromatic carbocycles. The molecule has 0 N–H and O–H groups in total. The van der Waals surface area contributed by atoms with Crippen LogP contribution >= 0.6 is 0 Å². The number of hydrogen-bond acceptors (Lipinski definition) is 3. The van der Waals surface area contributed by atoms with Gasteiger partial charge < -0.3 is 9.15 Å². The van der Waals surface area contributed by atoms with Crippen LogP contribution < -0.4 is 0 Å². The molecule has 1 aromatic heterocycles. The SMILES string of the molecule is CCOC(=O)Cc1cc(-c2ccccc2)c(-c2ccccc2)o1. The molecule has 0 aliphatic heterocycles. The molecule has 0 aliphatic carbocycles. The van der Waals surface area contributed by atoms with Crippen molar-refractivity contribution in [3.8, 4) is 22.5 Å². The summed E-state index contributed by atoms with van der Waals surface area (Å²) >= 11 is 0. The molecule has 3 aromatic rings. The smallest absolute Gasteiger partial charge is 0.313 e. The highest BCUT2D eigenvalue weighted by Gasteiger charge is 2.17. The van der Waals surface area contributed by atoms with Crippen LogP contribution in [0.2, 0.25) is 0 Å². The van der Waals surface area contributed by atoms with E-state index in [0.29, 0.717) is 12.4 Å². The summed E-state index contributed by atoms with van der Waals surface area (Å²) in [6.07, 6.45) is 0.139. The zero-order chi connectivity index (χ0) is 16.1. The molecule has 0 aliphatic rings. The van der Waals surface area contributed by atoms with Crippen molar-refractivity contribution >= 4 is 5.97 Å². The lowest BCUT2D eigenvalue weighted by molar-refractivity contribution is -0.142. The number of ether oxygens (including phenoxy) is 1. The van der Waals surface area contributed by atoms with E-state index >= 15 is 0 Å². The minimum Gasteiger partial charge on any atom is -0.466 e. The van der Waals surface area contributed by atoms with Crippen LogP contribution in [0.1, 0.15) is 12.7 Å². The molecule has 0 spiro atoms. The molecular weight excluding hydrogens is 288 g/mol. The predicted octanol–water partition coefficient (Wildman–Crippen LogP) is 4.72. The Morgan fingerprint density at radius 1 is 0.957 bits per heavy atom. The van der Waals surface area contributed by atoms with Crippen LogP contribution in [0.25, 0.3) is 22.5 Å². The van der Waals surface area contributed by atoms with E-state index in [9.17, 15) is 4.79 Å². The normalized spacial score (nSPS) is 10.5. The first-order chi connectivity index (χ1) is 11.3. The van der Waals surface area contributed by atoms with Gasteiger partial charge in [0.15, 0.2) is 0 Å². The lowest BCUT2D eigenvalue weighted by atomic mass is 10.0. The van der Waals surface area contributed by atoms with Crippen LogP contribution in [-0.2, 0) is 16.0 Å². The molecule has 0 saturated carbocycles. The summed E-state index contributed by atoms with van der Waals surface area (Å²) in [4.78, 5) is 11.7. The van der Waals surface area contributed by atoms with E-state index in [4.69, 9.17) is 9.15 Å². The first kappa shape index (κ1) is 15.1. The average Bonchev–Trinajstić information content (AvgIpc) is 3.00. The molecule has 0 radical (unpaired) electrons. The van der Waals surface area contributed by atoms with Crippen molar-refractivity contribution in [1.82, 2.24) is 0 Å². The first-order valence-electron chi connectivity index (χ1n) is 7.67. The van der Waals surface area contributed by atoms with Gasteiger partial charge in [0.2, 0.25) is 0 Å². The summed E-state index contributed by atoms with van der Waals surface area (Å²) in [6.45, 7) is 2.17. The number of carbonyl (C=O) groups excluding carboxylic acids is 1. The predicted molar refractivity (Wildman–Crippen MR) is 89.9 cm³/mol. The largest absolute Gasteiger partial charge is 0.466 e. The molecule has 3 heteroatoms. The Morgan fingerprint density at radius 3 is 2.17 bits per heavy atom. The van der Waals surface area contributed by atoms with Crippen LogP contribution in [-0.4, -0.2) is 12.6 Å². The molecule has 1 heterocycles. The van der Waals surface area contributed by atoms with Gasteiger partial charge in [-0.2, -0.15) is 0 Å². The summed E-state index contributed by atoms with van der Waals surface area (Å²) in [7, 11) is 0. The fourth-order valence-electron chi connectivity index (χ4n) is 2.52. The third-order valence-corrected chi connectivity index (χ3v) is 3.53. The van der Waals surface area contributed by atoms with Crippen molar-refractivity contribution in [2.75, 3.05) is 6.61 Å². The standard InChI is InChI=1S/C20H18O3/c1-2-22-19(21)14-17-13-18(15-9-5-3-6-10-15)20(23-17)16-11-7-4-8-12-16/h3-13H,2,14H2,1H3. The Morgan fingerprint density at radius 2 is 1.57 bits per heavy atom. The monoisotopic (exact) mass is 306 g/mol. The van der Waals surface area contributed by atoms with Crippen molar-refractivity contribution < 1.29 is 13.9 Å². The fourth-order valence-corrected chi connectivity index (χ4v) is 2.52. The molecule has 0 fully saturated rings. The van der Waals surface area contributed by atoms with Crippen molar-refractivity contribution in [3.63, 3.8) is 0 Å². The van der Waals surface area contributed by atoms with Crippen LogP contribution in [0.5, 0.6) is 0 Å². The fraction of sp³-hybridized carbons (Fsp3) is 0.150. The van der Waals surface area contributed by atoms with E-state index < -0.39 is 0 Å². The molecule has 23 heavy (non-hydrogen) atoms. The van der Waals surface area contributed by atoms with Crippen molar-refractivity contribution in [3.05, 3.63) is 72.5 Å². The number of rotatable bonds is 5. The highest BCUT2D eigenvalue weighted by Crippen LogP contribution is 2.35. The van der Waals surface area contributed by atoms with Gasteiger partial charge in [-0.05, 0) is 18.6 Å². The number of carbonyl (C=O) groups is 1. The Bertz CT molecular complexity index is 716. The Hall–Kier alpha value is -2.81. The third-order valence-electron chi connectivity index (χ3n) is 3.53.